The van der Waals surface area contributed by atoms with E-state index < -0.39 is 10.8 Å². The molecule has 1 aliphatic carbocycles. The number of hydrogen-bond acceptors (Lipinski definition) is 5. The van der Waals surface area contributed by atoms with Crippen molar-refractivity contribution >= 4 is 44.1 Å². The minimum absolute atomic E-state index is 0.0229. The van der Waals surface area contributed by atoms with Gasteiger partial charge in [0.1, 0.15) is 4.83 Å². The number of hydrogen-bond donors (Lipinski definition) is 0. The average Bonchev–Trinajstić information content (AvgIpc) is 3.44. The Bertz CT molecular complexity index is 1050. The second-order valence-electron chi connectivity index (χ2n) is 6.46. The highest BCUT2D eigenvalue weighted by molar-refractivity contribution is 8.00. The first-order valence-corrected chi connectivity index (χ1v) is 12.1. The molecule has 1 atom stereocenters. The Balaban J connectivity index is 1.57. The summed E-state index contributed by atoms with van der Waals surface area (Å²) in [4.78, 5) is 19.5. The summed E-state index contributed by atoms with van der Waals surface area (Å²) >= 11 is 3.04. The first-order chi connectivity index (χ1) is 13.2. The molecular formula is C20H20N2O2S3. The normalized spacial score (nSPS) is 15.1. The number of thiophene rings is 1. The summed E-state index contributed by atoms with van der Waals surface area (Å²) in [5.41, 5.74) is 1.18. The molecule has 0 radical (unpaired) electrons. The van der Waals surface area contributed by atoms with Crippen molar-refractivity contribution < 1.29 is 4.21 Å². The third kappa shape index (κ3) is 3.95. The quantitative estimate of drug-likeness (QED) is 0.310. The van der Waals surface area contributed by atoms with Crippen LogP contribution in [-0.4, -0.2) is 25.3 Å². The SMILES string of the molecule is C=CCn1c(SCCS(=O)c2ccccc2)nc2scc(C3CC3)c2c1=O. The minimum atomic E-state index is -1.05. The van der Waals surface area contributed by atoms with E-state index >= 15 is 0 Å². The van der Waals surface area contributed by atoms with E-state index in [-0.39, 0.29) is 5.56 Å². The van der Waals surface area contributed by atoms with Gasteiger partial charge in [-0.2, -0.15) is 0 Å². The van der Waals surface area contributed by atoms with Crippen molar-refractivity contribution in [2.45, 2.75) is 35.4 Å². The Labute approximate surface area is 168 Å². The molecule has 2 heterocycles. The topological polar surface area (TPSA) is 52.0 Å². The summed E-state index contributed by atoms with van der Waals surface area (Å²) in [6.45, 7) is 4.22. The second-order valence-corrected chi connectivity index (χ2v) is 9.95. The summed E-state index contributed by atoms with van der Waals surface area (Å²) < 4.78 is 14.1. The lowest BCUT2D eigenvalue weighted by Crippen LogP contribution is -2.23. The lowest BCUT2D eigenvalue weighted by molar-refractivity contribution is 0.672. The van der Waals surface area contributed by atoms with Gasteiger partial charge in [0.25, 0.3) is 5.56 Å². The third-order valence-electron chi connectivity index (χ3n) is 4.52. The molecule has 7 heteroatoms. The van der Waals surface area contributed by atoms with Gasteiger partial charge in [-0.05, 0) is 41.8 Å². The highest BCUT2D eigenvalue weighted by atomic mass is 32.2. The number of benzene rings is 1. The van der Waals surface area contributed by atoms with Crippen LogP contribution in [0.2, 0.25) is 0 Å². The smallest absolute Gasteiger partial charge is 0.263 e. The lowest BCUT2D eigenvalue weighted by atomic mass is 10.1. The Morgan fingerprint density at radius 2 is 2.11 bits per heavy atom. The molecule has 0 N–H and O–H groups in total. The molecule has 2 aromatic heterocycles. The zero-order valence-electron chi connectivity index (χ0n) is 14.8. The van der Waals surface area contributed by atoms with Gasteiger partial charge in [0.2, 0.25) is 0 Å². The predicted octanol–water partition coefficient (Wildman–Crippen LogP) is 4.42. The first-order valence-electron chi connectivity index (χ1n) is 8.88. The average molecular weight is 417 g/mol. The monoisotopic (exact) mass is 416 g/mol. The molecule has 4 nitrogen and oxygen atoms in total. The molecule has 1 saturated carbocycles. The number of nitrogens with zero attached hydrogens (tertiary/aromatic N) is 2. The molecule has 0 bridgehead atoms. The highest BCUT2D eigenvalue weighted by Crippen LogP contribution is 2.44. The predicted molar refractivity (Wildman–Crippen MR) is 114 cm³/mol. The Hall–Kier alpha value is -1.70. The maximum absolute atomic E-state index is 13.1. The molecule has 1 aliphatic rings. The van der Waals surface area contributed by atoms with Gasteiger partial charge >= 0.3 is 0 Å². The van der Waals surface area contributed by atoms with E-state index in [0.717, 1.165) is 33.5 Å². The Morgan fingerprint density at radius 3 is 2.81 bits per heavy atom. The van der Waals surface area contributed by atoms with Crippen LogP contribution in [0.1, 0.15) is 24.3 Å². The molecule has 0 amide bonds. The first kappa shape index (κ1) is 18.7. The van der Waals surface area contributed by atoms with Gasteiger partial charge in [0.15, 0.2) is 5.16 Å². The molecule has 3 aromatic rings. The van der Waals surface area contributed by atoms with Crippen molar-refractivity contribution in [3.63, 3.8) is 0 Å². The molecule has 1 fully saturated rings. The van der Waals surface area contributed by atoms with Crippen molar-refractivity contribution in [2.75, 3.05) is 11.5 Å². The summed E-state index contributed by atoms with van der Waals surface area (Å²) in [5.74, 6) is 1.68. The molecule has 0 aliphatic heterocycles. The van der Waals surface area contributed by atoms with Crippen LogP contribution in [0.5, 0.6) is 0 Å². The zero-order chi connectivity index (χ0) is 18.8. The van der Waals surface area contributed by atoms with E-state index in [2.05, 4.69) is 12.0 Å². The van der Waals surface area contributed by atoms with Gasteiger partial charge in [-0.25, -0.2) is 4.98 Å². The zero-order valence-corrected chi connectivity index (χ0v) is 17.2. The summed E-state index contributed by atoms with van der Waals surface area (Å²) in [7, 11) is -1.05. The van der Waals surface area contributed by atoms with Crippen LogP contribution in [-0.2, 0) is 17.3 Å². The number of rotatable bonds is 8. The van der Waals surface area contributed by atoms with Crippen molar-refractivity contribution in [2.24, 2.45) is 0 Å². The van der Waals surface area contributed by atoms with Gasteiger partial charge in [-0.15, -0.1) is 17.9 Å². The molecule has 27 heavy (non-hydrogen) atoms. The molecule has 0 saturated heterocycles. The van der Waals surface area contributed by atoms with Crippen molar-refractivity contribution in [1.82, 2.24) is 9.55 Å². The van der Waals surface area contributed by atoms with E-state index in [1.807, 2.05) is 30.3 Å². The fourth-order valence-corrected chi connectivity index (χ4v) is 6.38. The Morgan fingerprint density at radius 1 is 1.33 bits per heavy atom. The van der Waals surface area contributed by atoms with Gasteiger partial charge < -0.3 is 0 Å². The van der Waals surface area contributed by atoms with Crippen molar-refractivity contribution in [3.8, 4) is 0 Å². The van der Waals surface area contributed by atoms with Crippen molar-refractivity contribution in [1.29, 1.82) is 0 Å². The molecule has 4 rings (SSSR count). The van der Waals surface area contributed by atoms with Gasteiger partial charge in [0.05, 0.1) is 16.2 Å². The fourth-order valence-electron chi connectivity index (χ4n) is 3.02. The number of allylic oxidation sites excluding steroid dienone is 1. The van der Waals surface area contributed by atoms with Crippen LogP contribution in [0, 0.1) is 0 Å². The van der Waals surface area contributed by atoms with Crippen LogP contribution in [0.3, 0.4) is 0 Å². The number of fused-ring (bicyclic) bond motifs is 1. The van der Waals surface area contributed by atoms with Gasteiger partial charge in [-0.3, -0.25) is 13.6 Å². The standard InChI is InChI=1S/C20H20N2O2S3/c1-2-10-22-19(23)17-16(14-8-9-14)13-26-18(17)21-20(22)25-11-12-27(24)15-6-4-3-5-7-15/h2-7,13-14H,1,8-12H2. The molecule has 1 aromatic carbocycles. The second kappa shape index (κ2) is 8.12. The maximum Gasteiger partial charge on any atom is 0.263 e. The van der Waals surface area contributed by atoms with Gasteiger partial charge in [-0.1, -0.05) is 36.0 Å². The van der Waals surface area contributed by atoms with E-state index in [1.165, 1.54) is 11.8 Å². The largest absolute Gasteiger partial charge is 0.283 e. The molecular weight excluding hydrogens is 396 g/mol. The minimum Gasteiger partial charge on any atom is -0.283 e. The lowest BCUT2D eigenvalue weighted by Gasteiger charge is -2.10. The van der Waals surface area contributed by atoms with Crippen LogP contribution in [0.15, 0.2) is 63.2 Å². The Kier molecular flexibility index (Phi) is 5.61. The van der Waals surface area contributed by atoms with Crippen LogP contribution in [0.4, 0.5) is 0 Å². The summed E-state index contributed by atoms with van der Waals surface area (Å²) in [6, 6.07) is 9.46. The maximum atomic E-state index is 13.1. The number of aromatic nitrogens is 2. The van der Waals surface area contributed by atoms with Crippen LogP contribution in [0.25, 0.3) is 10.2 Å². The summed E-state index contributed by atoms with van der Waals surface area (Å²) in [6.07, 6.45) is 4.05. The fraction of sp³-hybridized carbons (Fsp3) is 0.300. The molecule has 140 valence electrons. The van der Waals surface area contributed by atoms with Gasteiger partial charge in [0, 0.05) is 22.9 Å². The van der Waals surface area contributed by atoms with E-state index in [4.69, 9.17) is 4.98 Å². The summed E-state index contributed by atoms with van der Waals surface area (Å²) in [5, 5.41) is 3.55. The van der Waals surface area contributed by atoms with E-state index in [0.29, 0.717) is 29.1 Å². The highest BCUT2D eigenvalue weighted by Gasteiger charge is 2.28. The van der Waals surface area contributed by atoms with E-state index in [9.17, 15) is 9.00 Å². The van der Waals surface area contributed by atoms with Crippen molar-refractivity contribution in [3.05, 3.63) is 64.3 Å². The molecule has 1 unspecified atom stereocenters. The molecule has 0 spiro atoms. The van der Waals surface area contributed by atoms with Crippen LogP contribution < -0.4 is 5.56 Å². The van der Waals surface area contributed by atoms with E-state index in [1.54, 1.807) is 22.0 Å². The van der Waals surface area contributed by atoms with Crippen LogP contribution >= 0.6 is 23.1 Å². The third-order valence-corrected chi connectivity index (χ3v) is 8.02. The number of thioether (sulfide) groups is 1.